The number of benzene rings is 2. The molecule has 5 heteroatoms. The van der Waals surface area contributed by atoms with Crippen molar-refractivity contribution in [2.45, 2.75) is 0 Å². The summed E-state index contributed by atoms with van der Waals surface area (Å²) in [7, 11) is 0. The Labute approximate surface area is 118 Å². The molecule has 2 aromatic carbocycles. The summed E-state index contributed by atoms with van der Waals surface area (Å²) in [5.41, 5.74) is 1.18. The molecule has 0 aliphatic carbocycles. The second-order valence-electron chi connectivity index (χ2n) is 4.74. The Morgan fingerprint density at radius 2 is 1.62 bits per heavy atom. The fraction of sp³-hybridized carbons (Fsp3) is 0. The number of halogens is 2. The summed E-state index contributed by atoms with van der Waals surface area (Å²) in [4.78, 5) is 4.30. The van der Waals surface area contributed by atoms with E-state index in [0.29, 0.717) is 11.0 Å². The van der Waals surface area contributed by atoms with Gasteiger partial charge in [0.15, 0.2) is 0 Å². The van der Waals surface area contributed by atoms with E-state index < -0.39 is 11.6 Å². The van der Waals surface area contributed by atoms with Gasteiger partial charge in [-0.2, -0.15) is 5.10 Å². The van der Waals surface area contributed by atoms with Crippen LogP contribution in [0.5, 0.6) is 0 Å². The minimum absolute atomic E-state index is 0.136. The third-order valence-corrected chi connectivity index (χ3v) is 3.50. The van der Waals surface area contributed by atoms with E-state index in [2.05, 4.69) is 15.2 Å². The van der Waals surface area contributed by atoms with Gasteiger partial charge in [-0.25, -0.2) is 8.78 Å². The molecule has 0 saturated carbocycles. The molecule has 0 spiro atoms. The standard InChI is InChI=1S/C16H9F2N3/c17-11-6-3-7-12(18)13(11)15-16-14(20-21-15)10-5-2-1-4-9(10)8-19-16/h1-8H,(H,20,21). The predicted octanol–water partition coefficient (Wildman–Crippen LogP) is 4.06. The number of rotatable bonds is 1. The fourth-order valence-corrected chi connectivity index (χ4v) is 2.52. The number of nitrogens with one attached hydrogen (secondary N) is 1. The largest absolute Gasteiger partial charge is 0.275 e. The SMILES string of the molecule is Fc1cccc(F)c1-c1[nH]nc2c1ncc1ccccc12. The summed E-state index contributed by atoms with van der Waals surface area (Å²) < 4.78 is 27.9. The first kappa shape index (κ1) is 12.0. The van der Waals surface area contributed by atoms with Crippen LogP contribution in [0.15, 0.2) is 48.7 Å². The molecule has 0 bridgehead atoms. The lowest BCUT2D eigenvalue weighted by Gasteiger charge is -2.03. The maximum absolute atomic E-state index is 13.9. The molecule has 0 amide bonds. The van der Waals surface area contributed by atoms with Crippen LogP contribution in [-0.4, -0.2) is 15.2 Å². The molecular weight excluding hydrogens is 272 g/mol. The van der Waals surface area contributed by atoms with Crippen LogP contribution in [0.2, 0.25) is 0 Å². The highest BCUT2D eigenvalue weighted by molar-refractivity contribution is 6.07. The van der Waals surface area contributed by atoms with Gasteiger partial charge in [-0.1, -0.05) is 30.3 Å². The van der Waals surface area contributed by atoms with Crippen molar-refractivity contribution in [3.8, 4) is 11.3 Å². The Balaban J connectivity index is 2.10. The third kappa shape index (κ3) is 1.71. The smallest absolute Gasteiger partial charge is 0.135 e. The molecule has 21 heavy (non-hydrogen) atoms. The highest BCUT2D eigenvalue weighted by Gasteiger charge is 2.18. The average molecular weight is 281 g/mol. The topological polar surface area (TPSA) is 41.6 Å². The molecule has 3 nitrogen and oxygen atoms in total. The minimum Gasteiger partial charge on any atom is -0.275 e. The number of aromatic nitrogens is 3. The van der Waals surface area contributed by atoms with Crippen LogP contribution < -0.4 is 0 Å². The van der Waals surface area contributed by atoms with Gasteiger partial charge in [0.1, 0.15) is 22.7 Å². The molecule has 4 aromatic rings. The number of hydrogen-bond donors (Lipinski definition) is 1. The molecule has 1 N–H and O–H groups in total. The van der Waals surface area contributed by atoms with Gasteiger partial charge in [-0.3, -0.25) is 10.1 Å². The van der Waals surface area contributed by atoms with Crippen molar-refractivity contribution in [1.29, 1.82) is 0 Å². The van der Waals surface area contributed by atoms with Crippen molar-refractivity contribution in [3.63, 3.8) is 0 Å². The highest BCUT2D eigenvalue weighted by atomic mass is 19.1. The molecule has 2 heterocycles. The Bertz CT molecular complexity index is 956. The highest BCUT2D eigenvalue weighted by Crippen LogP contribution is 2.32. The Morgan fingerprint density at radius 1 is 0.857 bits per heavy atom. The Hall–Kier alpha value is -2.82. The molecule has 0 saturated heterocycles. The van der Waals surface area contributed by atoms with E-state index in [1.807, 2.05) is 24.3 Å². The van der Waals surface area contributed by atoms with Crippen molar-refractivity contribution in [3.05, 3.63) is 60.3 Å². The van der Waals surface area contributed by atoms with Crippen LogP contribution >= 0.6 is 0 Å². The van der Waals surface area contributed by atoms with E-state index >= 15 is 0 Å². The predicted molar refractivity (Wildman–Crippen MR) is 76.7 cm³/mol. The first-order valence-corrected chi connectivity index (χ1v) is 6.42. The molecule has 0 fully saturated rings. The van der Waals surface area contributed by atoms with Crippen molar-refractivity contribution in [1.82, 2.24) is 15.2 Å². The molecule has 0 aliphatic heterocycles. The second kappa shape index (κ2) is 4.34. The summed E-state index contributed by atoms with van der Waals surface area (Å²) in [6.07, 6.45) is 1.68. The van der Waals surface area contributed by atoms with Crippen molar-refractivity contribution in [2.24, 2.45) is 0 Å². The van der Waals surface area contributed by atoms with E-state index in [1.54, 1.807) is 6.20 Å². The monoisotopic (exact) mass is 281 g/mol. The van der Waals surface area contributed by atoms with Gasteiger partial charge in [-0.05, 0) is 12.1 Å². The number of hydrogen-bond acceptors (Lipinski definition) is 2. The summed E-state index contributed by atoms with van der Waals surface area (Å²) >= 11 is 0. The van der Waals surface area contributed by atoms with Gasteiger partial charge >= 0.3 is 0 Å². The van der Waals surface area contributed by atoms with Crippen molar-refractivity contribution in [2.75, 3.05) is 0 Å². The molecule has 102 valence electrons. The normalized spacial score (nSPS) is 11.3. The molecule has 0 aliphatic rings. The van der Waals surface area contributed by atoms with Crippen LogP contribution in [0.25, 0.3) is 33.1 Å². The Morgan fingerprint density at radius 3 is 2.43 bits per heavy atom. The first-order chi connectivity index (χ1) is 10.3. The van der Waals surface area contributed by atoms with E-state index in [4.69, 9.17) is 0 Å². The summed E-state index contributed by atoms with van der Waals surface area (Å²) in [6.45, 7) is 0. The van der Waals surface area contributed by atoms with E-state index in [9.17, 15) is 8.78 Å². The number of pyridine rings is 1. The van der Waals surface area contributed by atoms with Gasteiger partial charge in [0.05, 0.1) is 11.3 Å². The lowest BCUT2D eigenvalue weighted by Crippen LogP contribution is -1.91. The van der Waals surface area contributed by atoms with Gasteiger partial charge < -0.3 is 0 Å². The maximum atomic E-state index is 13.9. The molecule has 4 rings (SSSR count). The quantitative estimate of drug-likeness (QED) is 0.571. The number of aromatic amines is 1. The van der Waals surface area contributed by atoms with Crippen LogP contribution in [0.1, 0.15) is 0 Å². The van der Waals surface area contributed by atoms with Crippen LogP contribution in [0.3, 0.4) is 0 Å². The molecule has 2 aromatic heterocycles. The fourth-order valence-electron chi connectivity index (χ4n) is 2.52. The maximum Gasteiger partial charge on any atom is 0.135 e. The van der Waals surface area contributed by atoms with Gasteiger partial charge in [0.25, 0.3) is 0 Å². The van der Waals surface area contributed by atoms with Crippen molar-refractivity contribution < 1.29 is 8.78 Å². The van der Waals surface area contributed by atoms with Crippen molar-refractivity contribution >= 4 is 21.8 Å². The molecule has 0 atom stereocenters. The van der Waals surface area contributed by atoms with Crippen LogP contribution in [-0.2, 0) is 0 Å². The van der Waals surface area contributed by atoms with Gasteiger partial charge in [-0.15, -0.1) is 0 Å². The van der Waals surface area contributed by atoms with E-state index in [-0.39, 0.29) is 11.3 Å². The zero-order valence-corrected chi connectivity index (χ0v) is 10.8. The zero-order valence-electron chi connectivity index (χ0n) is 10.8. The van der Waals surface area contributed by atoms with Gasteiger partial charge in [0.2, 0.25) is 0 Å². The van der Waals surface area contributed by atoms with Crippen LogP contribution in [0.4, 0.5) is 8.78 Å². The van der Waals surface area contributed by atoms with Crippen LogP contribution in [0, 0.1) is 11.6 Å². The molecule has 0 radical (unpaired) electrons. The molecular formula is C16H9F2N3. The lowest BCUT2D eigenvalue weighted by atomic mass is 10.1. The van der Waals surface area contributed by atoms with Gasteiger partial charge in [0, 0.05) is 17.0 Å². The summed E-state index contributed by atoms with van der Waals surface area (Å²) in [5, 5.41) is 8.71. The number of nitrogens with zero attached hydrogens (tertiary/aromatic N) is 2. The number of fused-ring (bicyclic) bond motifs is 3. The summed E-state index contributed by atoms with van der Waals surface area (Å²) in [5.74, 6) is -1.29. The Kier molecular flexibility index (Phi) is 2.47. The first-order valence-electron chi connectivity index (χ1n) is 6.42. The lowest BCUT2D eigenvalue weighted by molar-refractivity contribution is 0.588. The third-order valence-electron chi connectivity index (χ3n) is 3.50. The van der Waals surface area contributed by atoms with E-state index in [0.717, 1.165) is 10.8 Å². The minimum atomic E-state index is -0.643. The average Bonchev–Trinajstić information content (AvgIpc) is 2.91. The molecule has 0 unspecified atom stereocenters. The van der Waals surface area contributed by atoms with E-state index in [1.165, 1.54) is 18.2 Å². The zero-order chi connectivity index (χ0) is 14.4. The second-order valence-corrected chi connectivity index (χ2v) is 4.74. The number of H-pyrrole nitrogens is 1. The summed E-state index contributed by atoms with van der Waals surface area (Å²) in [6, 6.07) is 11.4.